The van der Waals surface area contributed by atoms with E-state index in [1.54, 1.807) is 0 Å². The number of hydrogen-bond acceptors (Lipinski definition) is 4. The minimum atomic E-state index is 0.440. The van der Waals surface area contributed by atoms with Crippen LogP contribution in [0, 0.1) is 0 Å². The van der Waals surface area contributed by atoms with E-state index < -0.39 is 0 Å². The molecule has 4 heteroatoms. The van der Waals surface area contributed by atoms with Gasteiger partial charge in [0.15, 0.2) is 0 Å². The van der Waals surface area contributed by atoms with Crippen molar-refractivity contribution in [3.63, 3.8) is 0 Å². The molecule has 4 unspecified atom stereocenters. The van der Waals surface area contributed by atoms with Crippen molar-refractivity contribution < 1.29 is 0 Å². The number of nitrogens with one attached hydrogen (secondary N) is 4. The van der Waals surface area contributed by atoms with E-state index in [1.165, 1.54) is 11.4 Å². The van der Waals surface area contributed by atoms with Crippen molar-refractivity contribution in [1.29, 1.82) is 0 Å². The van der Waals surface area contributed by atoms with Crippen LogP contribution in [0.1, 0.15) is 40.5 Å². The highest BCUT2D eigenvalue weighted by Crippen LogP contribution is 2.24. The molecule has 1 aromatic rings. The normalized spacial score (nSPS) is 31.3. The molecular formula is C18H32N4. The summed E-state index contributed by atoms with van der Waals surface area (Å²) in [6.07, 6.45) is 2.22. The van der Waals surface area contributed by atoms with Crippen molar-refractivity contribution in [3.8, 4) is 0 Å². The molecule has 4 nitrogen and oxygen atoms in total. The number of rotatable bonds is 0. The first kappa shape index (κ1) is 17.1. The summed E-state index contributed by atoms with van der Waals surface area (Å²) in [5, 5.41) is 14.5. The molecule has 4 N–H and O–H groups in total. The summed E-state index contributed by atoms with van der Waals surface area (Å²) < 4.78 is 0. The third-order valence-electron chi connectivity index (χ3n) is 4.26. The van der Waals surface area contributed by atoms with Crippen LogP contribution in [0.15, 0.2) is 24.3 Å². The molecule has 4 atom stereocenters. The Labute approximate surface area is 135 Å². The first-order valence-corrected chi connectivity index (χ1v) is 8.63. The van der Waals surface area contributed by atoms with Gasteiger partial charge in [0.1, 0.15) is 0 Å². The first-order chi connectivity index (χ1) is 10.5. The van der Waals surface area contributed by atoms with E-state index in [0.717, 1.165) is 25.9 Å². The standard InChI is InChI=1S/C18H32N4/c1-13-11-15(3)21-17-7-5-6-8-18(17)22-16(4)12-14(2)20-10-9-19-13/h5-8,13-16,19-22H,9-12H2,1-4H3. The lowest BCUT2D eigenvalue weighted by molar-refractivity contribution is 0.446. The van der Waals surface area contributed by atoms with Gasteiger partial charge in [0, 0.05) is 37.3 Å². The zero-order valence-corrected chi connectivity index (χ0v) is 14.4. The van der Waals surface area contributed by atoms with Crippen molar-refractivity contribution in [2.75, 3.05) is 23.7 Å². The van der Waals surface area contributed by atoms with E-state index in [9.17, 15) is 0 Å². The predicted octanol–water partition coefficient (Wildman–Crippen LogP) is 3.04. The van der Waals surface area contributed by atoms with Crippen molar-refractivity contribution in [3.05, 3.63) is 24.3 Å². The summed E-state index contributed by atoms with van der Waals surface area (Å²) in [6.45, 7) is 11.1. The van der Waals surface area contributed by atoms with Gasteiger partial charge in [-0.05, 0) is 52.7 Å². The van der Waals surface area contributed by atoms with Crippen LogP contribution in [0.4, 0.5) is 11.4 Å². The SMILES string of the molecule is CC1CC(C)Nc2ccccc2NC(C)CC(C)NCCN1. The maximum Gasteiger partial charge on any atom is 0.0578 e. The molecule has 2 rings (SSSR count). The lowest BCUT2D eigenvalue weighted by Gasteiger charge is -2.26. The summed E-state index contributed by atoms with van der Waals surface area (Å²) in [5.41, 5.74) is 2.40. The Morgan fingerprint density at radius 1 is 0.682 bits per heavy atom. The highest BCUT2D eigenvalue weighted by atomic mass is 15.0. The Morgan fingerprint density at radius 2 is 1.09 bits per heavy atom. The van der Waals surface area contributed by atoms with Crippen LogP contribution in [-0.2, 0) is 0 Å². The van der Waals surface area contributed by atoms with Crippen LogP contribution in [0.25, 0.3) is 0 Å². The third kappa shape index (κ3) is 5.50. The van der Waals surface area contributed by atoms with E-state index in [0.29, 0.717) is 24.2 Å². The van der Waals surface area contributed by atoms with Crippen LogP contribution in [0.3, 0.4) is 0 Å². The number of fused-ring (bicyclic) bond motifs is 1. The summed E-state index contributed by atoms with van der Waals surface area (Å²) in [6, 6.07) is 10.4. The minimum Gasteiger partial charge on any atom is -0.381 e. The van der Waals surface area contributed by atoms with Crippen LogP contribution in [0.5, 0.6) is 0 Å². The molecule has 1 aliphatic heterocycles. The smallest absolute Gasteiger partial charge is 0.0578 e. The van der Waals surface area contributed by atoms with Gasteiger partial charge in [0.25, 0.3) is 0 Å². The molecule has 0 aliphatic carbocycles. The molecule has 22 heavy (non-hydrogen) atoms. The molecule has 0 amide bonds. The van der Waals surface area contributed by atoms with E-state index in [2.05, 4.69) is 73.2 Å². The summed E-state index contributed by atoms with van der Waals surface area (Å²) in [7, 11) is 0. The molecule has 1 aromatic carbocycles. The van der Waals surface area contributed by atoms with Gasteiger partial charge in [-0.25, -0.2) is 0 Å². The van der Waals surface area contributed by atoms with Gasteiger partial charge < -0.3 is 21.3 Å². The number of hydrogen-bond donors (Lipinski definition) is 4. The Morgan fingerprint density at radius 3 is 1.50 bits per heavy atom. The molecule has 0 fully saturated rings. The molecule has 1 aliphatic rings. The van der Waals surface area contributed by atoms with Crippen LogP contribution < -0.4 is 21.3 Å². The quantitative estimate of drug-likeness (QED) is 0.595. The highest BCUT2D eigenvalue weighted by molar-refractivity contribution is 5.69. The Bertz CT molecular complexity index is 407. The average molecular weight is 304 g/mol. The molecule has 1 heterocycles. The lowest BCUT2D eigenvalue weighted by atomic mass is 10.1. The predicted molar refractivity (Wildman–Crippen MR) is 96.8 cm³/mol. The number of para-hydroxylation sites is 2. The monoisotopic (exact) mass is 304 g/mol. The van der Waals surface area contributed by atoms with Gasteiger partial charge in [0.2, 0.25) is 0 Å². The van der Waals surface area contributed by atoms with Crippen LogP contribution in [0.2, 0.25) is 0 Å². The zero-order chi connectivity index (χ0) is 15.9. The van der Waals surface area contributed by atoms with Crippen molar-refractivity contribution in [2.24, 2.45) is 0 Å². The average Bonchev–Trinajstić information content (AvgIpc) is 2.44. The summed E-state index contributed by atoms with van der Waals surface area (Å²) in [5.74, 6) is 0. The van der Waals surface area contributed by atoms with Gasteiger partial charge in [-0.2, -0.15) is 0 Å². The van der Waals surface area contributed by atoms with Gasteiger partial charge >= 0.3 is 0 Å². The van der Waals surface area contributed by atoms with E-state index in [4.69, 9.17) is 0 Å². The van der Waals surface area contributed by atoms with Gasteiger partial charge in [-0.15, -0.1) is 0 Å². The second-order valence-electron chi connectivity index (χ2n) is 6.82. The third-order valence-corrected chi connectivity index (χ3v) is 4.26. The summed E-state index contributed by atoms with van der Waals surface area (Å²) in [4.78, 5) is 0. The van der Waals surface area contributed by atoms with Gasteiger partial charge in [-0.3, -0.25) is 0 Å². The first-order valence-electron chi connectivity index (χ1n) is 8.63. The Kier molecular flexibility index (Phi) is 6.52. The molecule has 0 saturated heterocycles. The van der Waals surface area contributed by atoms with E-state index >= 15 is 0 Å². The van der Waals surface area contributed by atoms with Crippen molar-refractivity contribution in [2.45, 2.75) is 64.7 Å². The second-order valence-corrected chi connectivity index (χ2v) is 6.82. The van der Waals surface area contributed by atoms with E-state index in [-0.39, 0.29) is 0 Å². The van der Waals surface area contributed by atoms with Gasteiger partial charge in [0.05, 0.1) is 11.4 Å². The molecule has 0 bridgehead atoms. The molecule has 0 radical (unpaired) electrons. The molecule has 0 aromatic heterocycles. The molecule has 124 valence electrons. The van der Waals surface area contributed by atoms with Crippen LogP contribution in [-0.4, -0.2) is 37.3 Å². The highest BCUT2D eigenvalue weighted by Gasteiger charge is 2.14. The largest absolute Gasteiger partial charge is 0.381 e. The molecule has 0 spiro atoms. The maximum atomic E-state index is 3.66. The Hall–Kier alpha value is -1.26. The molecular weight excluding hydrogens is 272 g/mol. The fourth-order valence-electron chi connectivity index (χ4n) is 3.25. The maximum absolute atomic E-state index is 3.66. The van der Waals surface area contributed by atoms with E-state index in [1.807, 2.05) is 0 Å². The van der Waals surface area contributed by atoms with Gasteiger partial charge in [-0.1, -0.05) is 12.1 Å². The summed E-state index contributed by atoms with van der Waals surface area (Å²) >= 11 is 0. The van der Waals surface area contributed by atoms with Crippen LogP contribution >= 0.6 is 0 Å². The minimum absolute atomic E-state index is 0.440. The Balaban J connectivity index is 2.12. The lowest BCUT2D eigenvalue weighted by Crippen LogP contribution is -2.40. The van der Waals surface area contributed by atoms with Crippen molar-refractivity contribution in [1.82, 2.24) is 10.6 Å². The topological polar surface area (TPSA) is 48.1 Å². The fourth-order valence-corrected chi connectivity index (χ4v) is 3.25. The molecule has 0 saturated carbocycles. The number of benzene rings is 1. The van der Waals surface area contributed by atoms with Crippen molar-refractivity contribution >= 4 is 11.4 Å². The second kappa shape index (κ2) is 8.39. The fraction of sp³-hybridized carbons (Fsp3) is 0.667. The number of anilines is 2. The zero-order valence-electron chi connectivity index (χ0n) is 14.4.